The fourth-order valence-corrected chi connectivity index (χ4v) is 2.46. The number of benzene rings is 1. The van der Waals surface area contributed by atoms with Crippen molar-refractivity contribution in [3.63, 3.8) is 0 Å². The first kappa shape index (κ1) is 12.9. The Morgan fingerprint density at radius 2 is 2.00 bits per heavy atom. The van der Waals surface area contributed by atoms with Gasteiger partial charge in [0.15, 0.2) is 0 Å². The summed E-state index contributed by atoms with van der Waals surface area (Å²) in [6.07, 6.45) is 0. The fourth-order valence-electron chi connectivity index (χ4n) is 1.71. The van der Waals surface area contributed by atoms with E-state index in [-0.39, 0.29) is 0 Å². The molecule has 0 saturated carbocycles. The Kier molecular flexibility index (Phi) is 3.81. The van der Waals surface area contributed by atoms with Crippen LogP contribution in [0.1, 0.15) is 17.0 Å². The summed E-state index contributed by atoms with van der Waals surface area (Å²) in [5.74, 6) is 0. The number of rotatable bonds is 2. The first-order valence-electron chi connectivity index (χ1n) is 5.11. The van der Waals surface area contributed by atoms with Crippen LogP contribution < -0.4 is 0 Å². The Labute approximate surface area is 119 Å². The fraction of sp³-hybridized carbons (Fsp3) is 0.250. The van der Waals surface area contributed by atoms with Gasteiger partial charge in [-0.25, -0.2) is 4.68 Å². The Morgan fingerprint density at radius 3 is 2.53 bits per heavy atom. The molecule has 2 aromatic rings. The number of hydrogen-bond acceptors (Lipinski definition) is 1. The smallest absolute Gasteiger partial charge is 0.0848 e. The minimum atomic E-state index is 0.688. The quantitative estimate of drug-likeness (QED) is 0.729. The van der Waals surface area contributed by atoms with Crippen LogP contribution in [-0.4, -0.2) is 9.78 Å². The van der Waals surface area contributed by atoms with Gasteiger partial charge < -0.3 is 0 Å². The maximum atomic E-state index is 6.16. The van der Waals surface area contributed by atoms with E-state index in [1.807, 2.05) is 36.7 Å². The van der Waals surface area contributed by atoms with Gasteiger partial charge in [0.05, 0.1) is 22.1 Å². The minimum Gasteiger partial charge on any atom is -0.236 e. The highest BCUT2D eigenvalue weighted by molar-refractivity contribution is 9.08. The number of nitrogens with zero attached hydrogens (tertiary/aromatic N) is 2. The topological polar surface area (TPSA) is 17.8 Å². The van der Waals surface area contributed by atoms with Crippen molar-refractivity contribution >= 4 is 39.1 Å². The van der Waals surface area contributed by atoms with Gasteiger partial charge in [0.2, 0.25) is 0 Å². The van der Waals surface area contributed by atoms with E-state index in [2.05, 4.69) is 21.0 Å². The Bertz CT molecular complexity index is 564. The molecule has 0 N–H and O–H groups in total. The molecule has 1 aromatic heterocycles. The third-order valence-electron chi connectivity index (χ3n) is 2.62. The summed E-state index contributed by atoms with van der Waals surface area (Å²) in [4.78, 5) is 0. The predicted octanol–water partition coefficient (Wildman–Crippen LogP) is 4.69. The van der Waals surface area contributed by atoms with Crippen molar-refractivity contribution in [2.45, 2.75) is 19.2 Å². The number of halogens is 3. The molecule has 0 radical (unpaired) electrons. The maximum Gasteiger partial charge on any atom is 0.0848 e. The molecular weight excluding hydrogens is 323 g/mol. The first-order chi connectivity index (χ1) is 8.04. The van der Waals surface area contributed by atoms with Crippen LogP contribution in [0.15, 0.2) is 18.2 Å². The highest BCUT2D eigenvalue weighted by atomic mass is 79.9. The molecule has 0 fully saturated rings. The average Bonchev–Trinajstić information content (AvgIpc) is 2.57. The second kappa shape index (κ2) is 5.01. The van der Waals surface area contributed by atoms with Crippen LogP contribution in [-0.2, 0) is 5.33 Å². The summed E-state index contributed by atoms with van der Waals surface area (Å²) in [6.45, 7) is 3.84. The average molecular weight is 334 g/mol. The molecule has 0 amide bonds. The van der Waals surface area contributed by atoms with Crippen molar-refractivity contribution in [3.8, 4) is 5.69 Å². The highest BCUT2D eigenvalue weighted by Crippen LogP contribution is 2.27. The van der Waals surface area contributed by atoms with Crippen LogP contribution in [0.4, 0.5) is 0 Å². The van der Waals surface area contributed by atoms with E-state index in [1.165, 1.54) is 0 Å². The molecule has 0 saturated heterocycles. The molecule has 5 heteroatoms. The number of aryl methyl sites for hydroxylation is 1. The largest absolute Gasteiger partial charge is 0.236 e. The second-order valence-corrected chi connectivity index (χ2v) is 5.18. The Hall–Kier alpha value is -0.510. The van der Waals surface area contributed by atoms with Crippen molar-refractivity contribution in [2.75, 3.05) is 0 Å². The maximum absolute atomic E-state index is 6.16. The third-order valence-corrected chi connectivity index (χ3v) is 4.01. The lowest BCUT2D eigenvalue weighted by atomic mass is 10.2. The standard InChI is InChI=1S/C12H11BrCl2N2/c1-7-12(15)8(2)17(16-7)11-5-10(14)4-3-9(11)6-13/h3-5H,6H2,1-2H3. The molecule has 0 unspecified atom stereocenters. The van der Waals surface area contributed by atoms with Crippen LogP contribution in [0.3, 0.4) is 0 Å². The minimum absolute atomic E-state index is 0.688. The molecule has 0 aliphatic rings. The van der Waals surface area contributed by atoms with E-state index in [9.17, 15) is 0 Å². The molecule has 90 valence electrons. The van der Waals surface area contributed by atoms with Gasteiger partial charge in [-0.1, -0.05) is 45.2 Å². The number of hydrogen-bond donors (Lipinski definition) is 0. The van der Waals surface area contributed by atoms with Crippen LogP contribution >= 0.6 is 39.1 Å². The normalized spacial score (nSPS) is 10.9. The monoisotopic (exact) mass is 332 g/mol. The van der Waals surface area contributed by atoms with E-state index >= 15 is 0 Å². The molecular formula is C12H11BrCl2N2. The first-order valence-corrected chi connectivity index (χ1v) is 6.99. The molecule has 0 aliphatic heterocycles. The van der Waals surface area contributed by atoms with Crippen molar-refractivity contribution in [2.24, 2.45) is 0 Å². The summed E-state index contributed by atoms with van der Waals surface area (Å²) in [7, 11) is 0. The van der Waals surface area contributed by atoms with E-state index in [0.717, 1.165) is 28.0 Å². The van der Waals surface area contributed by atoms with Gasteiger partial charge in [0.1, 0.15) is 0 Å². The summed E-state index contributed by atoms with van der Waals surface area (Å²) >= 11 is 15.7. The summed E-state index contributed by atoms with van der Waals surface area (Å²) in [5, 5.41) is 6.57. The highest BCUT2D eigenvalue weighted by Gasteiger charge is 2.13. The Balaban J connectivity index is 2.67. The molecule has 2 rings (SSSR count). The van der Waals surface area contributed by atoms with Gasteiger partial charge in [-0.15, -0.1) is 0 Å². The summed E-state index contributed by atoms with van der Waals surface area (Å²) in [6, 6.07) is 5.75. The van der Waals surface area contributed by atoms with Gasteiger partial charge in [0.25, 0.3) is 0 Å². The zero-order valence-corrected chi connectivity index (χ0v) is 12.6. The van der Waals surface area contributed by atoms with E-state index in [4.69, 9.17) is 23.2 Å². The molecule has 0 atom stereocenters. The van der Waals surface area contributed by atoms with Crippen LogP contribution in [0, 0.1) is 13.8 Å². The predicted molar refractivity (Wildman–Crippen MR) is 75.7 cm³/mol. The Morgan fingerprint density at radius 1 is 1.29 bits per heavy atom. The molecule has 1 heterocycles. The van der Waals surface area contributed by atoms with E-state index < -0.39 is 0 Å². The lowest BCUT2D eigenvalue weighted by molar-refractivity contribution is 0.827. The lowest BCUT2D eigenvalue weighted by Crippen LogP contribution is -2.02. The van der Waals surface area contributed by atoms with Crippen LogP contribution in [0.25, 0.3) is 5.69 Å². The van der Waals surface area contributed by atoms with E-state index in [1.54, 1.807) is 0 Å². The second-order valence-electron chi connectivity index (χ2n) is 3.80. The third kappa shape index (κ3) is 2.37. The molecule has 1 aromatic carbocycles. The zero-order valence-electron chi connectivity index (χ0n) is 9.47. The molecule has 0 bridgehead atoms. The van der Waals surface area contributed by atoms with Gasteiger partial charge in [0, 0.05) is 10.4 Å². The molecule has 17 heavy (non-hydrogen) atoms. The molecule has 0 aliphatic carbocycles. The van der Waals surface area contributed by atoms with Crippen molar-refractivity contribution in [1.82, 2.24) is 9.78 Å². The zero-order chi connectivity index (χ0) is 12.6. The summed E-state index contributed by atoms with van der Waals surface area (Å²) < 4.78 is 1.83. The van der Waals surface area contributed by atoms with Gasteiger partial charge in [-0.3, -0.25) is 0 Å². The molecule has 2 nitrogen and oxygen atoms in total. The number of alkyl halides is 1. The van der Waals surface area contributed by atoms with Gasteiger partial charge in [-0.05, 0) is 31.5 Å². The van der Waals surface area contributed by atoms with Crippen molar-refractivity contribution in [3.05, 3.63) is 45.2 Å². The van der Waals surface area contributed by atoms with Gasteiger partial charge >= 0.3 is 0 Å². The van der Waals surface area contributed by atoms with Crippen molar-refractivity contribution in [1.29, 1.82) is 0 Å². The van der Waals surface area contributed by atoms with Crippen LogP contribution in [0.2, 0.25) is 10.0 Å². The van der Waals surface area contributed by atoms with Crippen molar-refractivity contribution < 1.29 is 0 Å². The van der Waals surface area contributed by atoms with Gasteiger partial charge in [-0.2, -0.15) is 5.10 Å². The van der Waals surface area contributed by atoms with Crippen LogP contribution in [0.5, 0.6) is 0 Å². The lowest BCUT2D eigenvalue weighted by Gasteiger charge is -2.09. The number of aromatic nitrogens is 2. The molecule has 0 spiro atoms. The van der Waals surface area contributed by atoms with E-state index in [0.29, 0.717) is 10.0 Å². The summed E-state index contributed by atoms with van der Waals surface area (Å²) in [5.41, 5.74) is 3.83. The SMILES string of the molecule is Cc1nn(-c2cc(Cl)ccc2CBr)c(C)c1Cl.